The maximum atomic E-state index is 6.67. The first-order chi connectivity index (χ1) is 21.4. The fourth-order valence-corrected chi connectivity index (χ4v) is 6.66. The Morgan fingerprint density at radius 3 is 1.98 bits per heavy atom. The van der Waals surface area contributed by atoms with Crippen molar-refractivity contribution in [3.8, 4) is 17.1 Å². The molecule has 9 rings (SSSR count). The van der Waals surface area contributed by atoms with Crippen molar-refractivity contribution in [3.63, 3.8) is 0 Å². The molecule has 4 nitrogen and oxygen atoms in total. The number of furan rings is 1. The molecule has 0 radical (unpaired) electrons. The summed E-state index contributed by atoms with van der Waals surface area (Å²) in [5.74, 6) is 0.847. The number of pyridine rings is 1. The van der Waals surface area contributed by atoms with E-state index >= 15 is 0 Å². The minimum atomic E-state index is 0.0658. The van der Waals surface area contributed by atoms with Gasteiger partial charge in [0, 0.05) is 32.6 Å². The Balaban J connectivity index is 1.35. The zero-order chi connectivity index (χ0) is 29.6. The number of rotatable bonds is 2. The van der Waals surface area contributed by atoms with E-state index in [1.807, 2.05) is 0 Å². The Morgan fingerprint density at radius 1 is 0.568 bits per heavy atom. The molecule has 44 heavy (non-hydrogen) atoms. The molecule has 0 aliphatic heterocycles. The van der Waals surface area contributed by atoms with Crippen molar-refractivity contribution in [3.05, 3.63) is 127 Å². The lowest BCUT2D eigenvalue weighted by atomic mass is 9.87. The van der Waals surface area contributed by atoms with E-state index in [1.165, 1.54) is 16.3 Å². The number of imidazole rings is 1. The van der Waals surface area contributed by atoms with Crippen molar-refractivity contribution < 1.29 is 4.42 Å². The van der Waals surface area contributed by atoms with Crippen LogP contribution in [-0.2, 0) is 5.41 Å². The van der Waals surface area contributed by atoms with Gasteiger partial charge in [0.1, 0.15) is 11.4 Å². The molecule has 0 atom stereocenters. The Labute approximate surface area is 254 Å². The zero-order valence-corrected chi connectivity index (χ0v) is 24.8. The van der Waals surface area contributed by atoms with Crippen LogP contribution in [0.15, 0.2) is 126 Å². The van der Waals surface area contributed by atoms with Crippen LogP contribution >= 0.6 is 0 Å². The van der Waals surface area contributed by atoms with Crippen molar-refractivity contribution in [2.75, 3.05) is 0 Å². The normalized spacial score (nSPS) is 12.4. The molecule has 3 aromatic heterocycles. The Hall–Kier alpha value is -5.48. The second-order valence-corrected chi connectivity index (χ2v) is 12.7. The summed E-state index contributed by atoms with van der Waals surface area (Å²) in [6, 6.07) is 42.9. The number of hydrogen-bond acceptors (Lipinski definition) is 3. The molecule has 6 aromatic carbocycles. The van der Waals surface area contributed by atoms with Crippen LogP contribution in [0.4, 0.5) is 0 Å². The number of aromatic nitrogens is 3. The number of fused-ring (bicyclic) bond motifs is 9. The largest absolute Gasteiger partial charge is 0.437 e. The molecule has 0 bridgehead atoms. The van der Waals surface area contributed by atoms with Crippen LogP contribution in [-0.4, -0.2) is 14.5 Å². The summed E-state index contributed by atoms with van der Waals surface area (Å²) >= 11 is 0. The topological polar surface area (TPSA) is 43.9 Å². The van der Waals surface area contributed by atoms with Crippen molar-refractivity contribution in [2.45, 2.75) is 26.2 Å². The molecule has 9 aromatic rings. The van der Waals surface area contributed by atoms with E-state index in [4.69, 9.17) is 14.4 Å². The quantitative estimate of drug-likeness (QED) is 0.195. The minimum Gasteiger partial charge on any atom is -0.437 e. The van der Waals surface area contributed by atoms with E-state index in [0.717, 1.165) is 66.1 Å². The summed E-state index contributed by atoms with van der Waals surface area (Å²) in [6.07, 6.45) is 0. The summed E-state index contributed by atoms with van der Waals surface area (Å²) < 4.78 is 8.94. The average Bonchev–Trinajstić information content (AvgIpc) is 3.62. The summed E-state index contributed by atoms with van der Waals surface area (Å²) in [4.78, 5) is 10.4. The van der Waals surface area contributed by atoms with Crippen molar-refractivity contribution in [1.82, 2.24) is 14.5 Å². The second-order valence-electron chi connectivity index (χ2n) is 12.7. The molecule has 3 heterocycles. The number of para-hydroxylation sites is 1. The van der Waals surface area contributed by atoms with Gasteiger partial charge in [-0.15, -0.1) is 0 Å². The van der Waals surface area contributed by atoms with Crippen molar-refractivity contribution in [2.24, 2.45) is 0 Å². The van der Waals surface area contributed by atoms with Gasteiger partial charge in [-0.05, 0) is 52.1 Å². The van der Waals surface area contributed by atoms with E-state index in [9.17, 15) is 0 Å². The van der Waals surface area contributed by atoms with E-state index in [0.29, 0.717) is 5.71 Å². The van der Waals surface area contributed by atoms with Crippen LogP contribution < -0.4 is 0 Å². The van der Waals surface area contributed by atoms with Crippen LogP contribution in [0.2, 0.25) is 0 Å². The van der Waals surface area contributed by atoms with E-state index in [2.05, 4.69) is 147 Å². The van der Waals surface area contributed by atoms with Gasteiger partial charge in [0.05, 0.1) is 22.1 Å². The highest BCUT2D eigenvalue weighted by Gasteiger charge is 2.22. The zero-order valence-electron chi connectivity index (χ0n) is 24.8. The van der Waals surface area contributed by atoms with Gasteiger partial charge >= 0.3 is 0 Å². The maximum Gasteiger partial charge on any atom is 0.227 e. The van der Waals surface area contributed by atoms with Gasteiger partial charge in [0.2, 0.25) is 5.71 Å². The molecule has 0 saturated heterocycles. The standard InChI is InChI=1S/C40H29N3O/c1-40(2,3)27-18-20-28(21-19-27)43-34-22-17-25-10-5-7-12-30(25)36(34)41-38(43)32-14-8-13-31-33-23-26-16-15-24-9-4-6-11-29(24)35(26)42-39(33)44-37(31)32/h4-23H,1-3H3. The molecule has 0 aliphatic carbocycles. The van der Waals surface area contributed by atoms with Crippen molar-refractivity contribution >= 4 is 65.6 Å². The van der Waals surface area contributed by atoms with Gasteiger partial charge in [-0.1, -0.05) is 112 Å². The highest BCUT2D eigenvalue weighted by Crippen LogP contribution is 2.40. The number of benzene rings is 6. The summed E-state index contributed by atoms with van der Waals surface area (Å²) in [6.45, 7) is 6.73. The summed E-state index contributed by atoms with van der Waals surface area (Å²) in [7, 11) is 0. The predicted molar refractivity (Wildman–Crippen MR) is 183 cm³/mol. The molecule has 0 amide bonds. The molecular weight excluding hydrogens is 538 g/mol. The molecule has 0 unspecified atom stereocenters. The van der Waals surface area contributed by atoms with E-state index < -0.39 is 0 Å². The third-order valence-electron chi connectivity index (χ3n) is 8.96. The summed E-state index contributed by atoms with van der Waals surface area (Å²) in [5.41, 5.74) is 7.78. The van der Waals surface area contributed by atoms with Gasteiger partial charge in [-0.3, -0.25) is 4.57 Å². The molecule has 0 fully saturated rings. The monoisotopic (exact) mass is 567 g/mol. The minimum absolute atomic E-state index is 0.0658. The van der Waals surface area contributed by atoms with Crippen LogP contribution in [0.5, 0.6) is 0 Å². The highest BCUT2D eigenvalue weighted by atomic mass is 16.3. The molecule has 4 heteroatoms. The molecule has 0 aliphatic rings. The molecule has 210 valence electrons. The second kappa shape index (κ2) is 9.01. The van der Waals surface area contributed by atoms with Gasteiger partial charge in [-0.25, -0.2) is 9.97 Å². The highest BCUT2D eigenvalue weighted by molar-refractivity contribution is 6.15. The van der Waals surface area contributed by atoms with Crippen LogP contribution in [0, 0.1) is 0 Å². The fourth-order valence-electron chi connectivity index (χ4n) is 6.66. The lowest BCUT2D eigenvalue weighted by molar-refractivity contribution is 0.590. The van der Waals surface area contributed by atoms with Crippen LogP contribution in [0.3, 0.4) is 0 Å². The van der Waals surface area contributed by atoms with Gasteiger partial charge < -0.3 is 4.42 Å². The first-order valence-electron chi connectivity index (χ1n) is 15.1. The Kier molecular flexibility index (Phi) is 5.13. The summed E-state index contributed by atoms with van der Waals surface area (Å²) in [5, 5.41) is 7.74. The fraction of sp³-hybridized carbons (Fsp3) is 0.100. The lowest BCUT2D eigenvalue weighted by Gasteiger charge is -2.19. The molecular formula is C40H29N3O. The first-order valence-corrected chi connectivity index (χ1v) is 15.1. The van der Waals surface area contributed by atoms with Gasteiger partial charge in [0.15, 0.2) is 0 Å². The predicted octanol–water partition coefficient (Wildman–Crippen LogP) is 10.7. The molecule has 0 saturated carbocycles. The van der Waals surface area contributed by atoms with E-state index in [-0.39, 0.29) is 5.41 Å². The van der Waals surface area contributed by atoms with Crippen LogP contribution in [0.1, 0.15) is 26.3 Å². The third kappa shape index (κ3) is 3.64. The number of nitrogens with zero attached hydrogens (tertiary/aromatic N) is 3. The third-order valence-corrected chi connectivity index (χ3v) is 8.96. The lowest BCUT2D eigenvalue weighted by Crippen LogP contribution is -2.11. The average molecular weight is 568 g/mol. The SMILES string of the molecule is CC(C)(C)c1ccc(-n2c(-c3cccc4c3oc3nc5c(ccc6ccccc65)cc34)nc3c4ccccc4ccc32)cc1. The van der Waals surface area contributed by atoms with Crippen LogP contribution in [0.25, 0.3) is 82.6 Å². The molecule has 0 N–H and O–H groups in total. The first kappa shape index (κ1) is 25.1. The smallest absolute Gasteiger partial charge is 0.227 e. The molecule has 0 spiro atoms. The van der Waals surface area contributed by atoms with E-state index in [1.54, 1.807) is 0 Å². The van der Waals surface area contributed by atoms with Crippen molar-refractivity contribution in [1.29, 1.82) is 0 Å². The number of hydrogen-bond donors (Lipinski definition) is 0. The maximum absolute atomic E-state index is 6.67. The Morgan fingerprint density at radius 2 is 1.23 bits per heavy atom. The van der Waals surface area contributed by atoms with Gasteiger partial charge in [-0.2, -0.15) is 0 Å². The van der Waals surface area contributed by atoms with Gasteiger partial charge in [0.25, 0.3) is 0 Å². The Bertz CT molecular complexity index is 2580.